The van der Waals surface area contributed by atoms with Gasteiger partial charge in [0.1, 0.15) is 11.6 Å². The summed E-state index contributed by atoms with van der Waals surface area (Å²) < 4.78 is 0. The number of aryl methyl sites for hydroxylation is 2. The second kappa shape index (κ2) is 6.12. The first kappa shape index (κ1) is 15.9. The fourth-order valence-electron chi connectivity index (χ4n) is 2.46. The molecule has 22 heavy (non-hydrogen) atoms. The number of Topliss-reactive ketones (excluding diaryl/α,β-unsaturated/α-hetero) is 2. The van der Waals surface area contributed by atoms with Gasteiger partial charge in [-0.1, -0.05) is 0 Å². The molecule has 2 heterocycles. The molecule has 0 spiro atoms. The summed E-state index contributed by atoms with van der Waals surface area (Å²) in [5.74, 6) is -0.483. The third kappa shape index (κ3) is 2.92. The zero-order valence-corrected chi connectivity index (χ0v) is 13.7. The van der Waals surface area contributed by atoms with Gasteiger partial charge in [0.2, 0.25) is 5.78 Å². The summed E-state index contributed by atoms with van der Waals surface area (Å²) in [6, 6.07) is 5.77. The van der Waals surface area contributed by atoms with Gasteiger partial charge in [-0.05, 0) is 51.5 Å². The van der Waals surface area contributed by atoms with Crippen molar-refractivity contribution in [3.8, 4) is 6.07 Å². The van der Waals surface area contributed by atoms with Gasteiger partial charge in [0.05, 0.1) is 5.69 Å². The summed E-state index contributed by atoms with van der Waals surface area (Å²) in [5, 5.41) is 9.29. The van der Waals surface area contributed by atoms with E-state index in [1.807, 2.05) is 25.1 Å². The standard InChI is InChI=1S/C17H16N2O2S/c1-9-5-6-14(22-9)7-13(8-18)17(21)16-10(2)15(12(4)20)11(3)19-16/h5-7,19H,1-4H3/b13-7+. The maximum atomic E-state index is 12.6. The van der Waals surface area contributed by atoms with Gasteiger partial charge < -0.3 is 4.98 Å². The van der Waals surface area contributed by atoms with Crippen LogP contribution in [0.25, 0.3) is 6.08 Å². The number of allylic oxidation sites excluding steroid dienone is 1. The van der Waals surface area contributed by atoms with Crippen LogP contribution in [0, 0.1) is 32.1 Å². The number of thiophene rings is 1. The predicted molar refractivity (Wildman–Crippen MR) is 87.2 cm³/mol. The molecule has 2 aromatic heterocycles. The van der Waals surface area contributed by atoms with Crippen LogP contribution in [0.4, 0.5) is 0 Å². The van der Waals surface area contributed by atoms with E-state index in [2.05, 4.69) is 4.98 Å². The smallest absolute Gasteiger partial charge is 0.220 e. The van der Waals surface area contributed by atoms with Crippen LogP contribution in [0.2, 0.25) is 0 Å². The van der Waals surface area contributed by atoms with Crippen molar-refractivity contribution >= 4 is 29.0 Å². The highest BCUT2D eigenvalue weighted by molar-refractivity contribution is 7.12. The Balaban J connectivity index is 2.47. The van der Waals surface area contributed by atoms with Gasteiger partial charge in [-0.15, -0.1) is 11.3 Å². The lowest BCUT2D eigenvalue weighted by Gasteiger charge is -1.99. The molecule has 2 aromatic rings. The number of nitrogens with zero attached hydrogens (tertiary/aromatic N) is 1. The number of aromatic amines is 1. The zero-order chi connectivity index (χ0) is 16.4. The lowest BCUT2D eigenvalue weighted by atomic mass is 10.0. The third-order valence-corrected chi connectivity index (χ3v) is 4.38. The minimum atomic E-state index is -0.387. The molecule has 0 fully saturated rings. The van der Waals surface area contributed by atoms with Crippen molar-refractivity contribution in [3.63, 3.8) is 0 Å². The zero-order valence-electron chi connectivity index (χ0n) is 12.9. The Labute approximate surface area is 133 Å². The third-order valence-electron chi connectivity index (χ3n) is 3.43. The van der Waals surface area contributed by atoms with E-state index in [4.69, 9.17) is 0 Å². The molecule has 5 heteroatoms. The molecule has 2 rings (SSSR count). The summed E-state index contributed by atoms with van der Waals surface area (Å²) >= 11 is 1.52. The SMILES string of the molecule is CC(=O)c1c(C)[nH]c(C(=O)/C(C#N)=C/c2ccc(C)s2)c1C. The van der Waals surface area contributed by atoms with E-state index in [-0.39, 0.29) is 17.1 Å². The van der Waals surface area contributed by atoms with Crippen molar-refractivity contribution in [2.24, 2.45) is 0 Å². The van der Waals surface area contributed by atoms with E-state index in [9.17, 15) is 14.9 Å². The van der Waals surface area contributed by atoms with Gasteiger partial charge in [0, 0.05) is 21.0 Å². The van der Waals surface area contributed by atoms with Crippen molar-refractivity contribution in [2.75, 3.05) is 0 Å². The van der Waals surface area contributed by atoms with Crippen molar-refractivity contribution in [1.82, 2.24) is 4.98 Å². The Hall–Kier alpha value is -2.45. The number of carbonyl (C=O) groups is 2. The van der Waals surface area contributed by atoms with E-state index in [0.29, 0.717) is 22.5 Å². The van der Waals surface area contributed by atoms with Crippen LogP contribution in [0.5, 0.6) is 0 Å². The number of nitrogens with one attached hydrogen (secondary N) is 1. The second-order valence-corrected chi connectivity index (χ2v) is 6.45. The molecule has 0 saturated heterocycles. The summed E-state index contributed by atoms with van der Waals surface area (Å²) in [4.78, 5) is 29.1. The van der Waals surface area contributed by atoms with Crippen molar-refractivity contribution < 1.29 is 9.59 Å². The van der Waals surface area contributed by atoms with Crippen LogP contribution in [0.1, 0.15) is 48.8 Å². The van der Waals surface area contributed by atoms with Gasteiger partial charge in [-0.2, -0.15) is 5.26 Å². The Bertz CT molecular complexity index is 831. The first-order valence-electron chi connectivity index (χ1n) is 6.78. The maximum absolute atomic E-state index is 12.6. The quantitative estimate of drug-likeness (QED) is 0.527. The first-order chi connectivity index (χ1) is 10.3. The molecule has 0 bridgehead atoms. The minimum Gasteiger partial charge on any atom is -0.355 e. The van der Waals surface area contributed by atoms with E-state index < -0.39 is 0 Å². The van der Waals surface area contributed by atoms with Crippen molar-refractivity contribution in [3.05, 3.63) is 50.0 Å². The first-order valence-corrected chi connectivity index (χ1v) is 7.59. The Kier molecular flexibility index (Phi) is 4.43. The molecule has 1 N–H and O–H groups in total. The monoisotopic (exact) mass is 312 g/mol. The fourth-order valence-corrected chi connectivity index (χ4v) is 3.28. The van der Waals surface area contributed by atoms with Gasteiger partial charge in [-0.25, -0.2) is 0 Å². The average molecular weight is 312 g/mol. The largest absolute Gasteiger partial charge is 0.355 e. The number of hydrogen-bond acceptors (Lipinski definition) is 4. The second-order valence-electron chi connectivity index (χ2n) is 5.13. The number of nitriles is 1. The molecule has 0 atom stereocenters. The molecule has 112 valence electrons. The maximum Gasteiger partial charge on any atom is 0.220 e. The van der Waals surface area contributed by atoms with Crippen molar-refractivity contribution in [2.45, 2.75) is 27.7 Å². The average Bonchev–Trinajstić information content (AvgIpc) is 2.98. The van der Waals surface area contributed by atoms with E-state index in [1.54, 1.807) is 19.9 Å². The number of aromatic nitrogens is 1. The highest BCUT2D eigenvalue weighted by Crippen LogP contribution is 2.23. The number of carbonyl (C=O) groups excluding carboxylic acids is 2. The summed E-state index contributed by atoms with van der Waals surface area (Å²) in [5.41, 5.74) is 2.13. The van der Waals surface area contributed by atoms with E-state index in [1.165, 1.54) is 18.3 Å². The van der Waals surface area contributed by atoms with Gasteiger partial charge in [0.15, 0.2) is 5.78 Å². The van der Waals surface area contributed by atoms with Crippen LogP contribution in [-0.4, -0.2) is 16.6 Å². The molecule has 0 amide bonds. The number of rotatable bonds is 4. The molecule has 0 aliphatic heterocycles. The Morgan fingerprint density at radius 3 is 2.41 bits per heavy atom. The van der Waals surface area contributed by atoms with Crippen LogP contribution in [-0.2, 0) is 0 Å². The number of ketones is 2. The van der Waals surface area contributed by atoms with E-state index >= 15 is 0 Å². The van der Waals surface area contributed by atoms with Crippen LogP contribution < -0.4 is 0 Å². The van der Waals surface area contributed by atoms with E-state index in [0.717, 1.165) is 9.75 Å². The topological polar surface area (TPSA) is 73.7 Å². The number of hydrogen-bond donors (Lipinski definition) is 1. The van der Waals surface area contributed by atoms with Crippen LogP contribution in [0.15, 0.2) is 17.7 Å². The summed E-state index contributed by atoms with van der Waals surface area (Å²) in [6.45, 7) is 6.90. The summed E-state index contributed by atoms with van der Waals surface area (Å²) in [6.07, 6.45) is 1.59. The van der Waals surface area contributed by atoms with Crippen molar-refractivity contribution in [1.29, 1.82) is 5.26 Å². The highest BCUT2D eigenvalue weighted by Gasteiger charge is 2.22. The molecule has 4 nitrogen and oxygen atoms in total. The molecular weight excluding hydrogens is 296 g/mol. The normalized spacial score (nSPS) is 11.3. The van der Waals surface area contributed by atoms with Gasteiger partial charge in [-0.3, -0.25) is 9.59 Å². The molecule has 0 radical (unpaired) electrons. The number of H-pyrrole nitrogens is 1. The predicted octanol–water partition coefficient (Wildman–Crippen LogP) is 3.99. The lowest BCUT2D eigenvalue weighted by molar-refractivity contribution is 0.101. The Morgan fingerprint density at radius 2 is 1.95 bits per heavy atom. The molecule has 0 aliphatic rings. The van der Waals surface area contributed by atoms with Crippen LogP contribution >= 0.6 is 11.3 Å². The van der Waals surface area contributed by atoms with Gasteiger partial charge in [0.25, 0.3) is 0 Å². The molecule has 0 saturated carbocycles. The summed E-state index contributed by atoms with van der Waals surface area (Å²) in [7, 11) is 0. The fraction of sp³-hybridized carbons (Fsp3) is 0.235. The van der Waals surface area contributed by atoms with Crippen LogP contribution in [0.3, 0.4) is 0 Å². The molecule has 0 aromatic carbocycles. The minimum absolute atomic E-state index is 0.0568. The van der Waals surface area contributed by atoms with Gasteiger partial charge >= 0.3 is 0 Å². The lowest BCUT2D eigenvalue weighted by Crippen LogP contribution is -2.05. The molecule has 0 aliphatic carbocycles. The highest BCUT2D eigenvalue weighted by atomic mass is 32.1. The Morgan fingerprint density at radius 1 is 1.27 bits per heavy atom. The molecular formula is C17H16N2O2S. The molecule has 0 unspecified atom stereocenters.